The van der Waals surface area contributed by atoms with Gasteiger partial charge in [-0.2, -0.15) is 0 Å². The molecular weight excluding hydrogens is 334 g/mol. The third kappa shape index (κ3) is 3.56. The third-order valence-electron chi connectivity index (χ3n) is 4.89. The Balaban J connectivity index is 1.36. The second kappa shape index (κ2) is 7.15. The molecule has 6 heteroatoms. The zero-order valence-corrected chi connectivity index (χ0v) is 14.7. The molecule has 5 nitrogen and oxygen atoms in total. The SMILES string of the molecule is O=c1[nH]cnc2c1CC=C2CN1C[C@H](CSc2ccccc2)[C@H](O)C1. The topological polar surface area (TPSA) is 69.2 Å². The molecule has 1 aliphatic carbocycles. The van der Waals surface area contributed by atoms with Crippen LogP contribution in [-0.4, -0.2) is 51.5 Å². The fourth-order valence-electron chi connectivity index (χ4n) is 3.55. The molecule has 2 aromatic rings. The normalized spacial score (nSPS) is 22.8. The zero-order valence-electron chi connectivity index (χ0n) is 13.9. The summed E-state index contributed by atoms with van der Waals surface area (Å²) in [6, 6.07) is 10.3. The number of aromatic amines is 1. The molecule has 0 saturated carbocycles. The molecule has 2 aliphatic rings. The van der Waals surface area contributed by atoms with E-state index < -0.39 is 0 Å². The van der Waals surface area contributed by atoms with Crippen LogP contribution in [0.2, 0.25) is 0 Å². The van der Waals surface area contributed by atoms with E-state index in [4.69, 9.17) is 0 Å². The molecule has 1 aromatic carbocycles. The van der Waals surface area contributed by atoms with Crippen LogP contribution in [0, 0.1) is 5.92 Å². The average Bonchev–Trinajstić information content (AvgIpc) is 3.19. The first-order chi connectivity index (χ1) is 12.2. The lowest BCUT2D eigenvalue weighted by Gasteiger charge is -2.16. The number of H-pyrrole nitrogens is 1. The number of aliphatic hydroxyl groups excluding tert-OH is 1. The smallest absolute Gasteiger partial charge is 0.254 e. The molecule has 0 unspecified atom stereocenters. The monoisotopic (exact) mass is 355 g/mol. The summed E-state index contributed by atoms with van der Waals surface area (Å²) in [4.78, 5) is 22.3. The van der Waals surface area contributed by atoms with E-state index in [2.05, 4.69) is 33.1 Å². The summed E-state index contributed by atoms with van der Waals surface area (Å²) >= 11 is 1.80. The molecule has 1 fully saturated rings. The highest BCUT2D eigenvalue weighted by atomic mass is 32.2. The average molecular weight is 355 g/mol. The van der Waals surface area contributed by atoms with Crippen LogP contribution < -0.4 is 5.56 Å². The van der Waals surface area contributed by atoms with E-state index in [1.807, 2.05) is 18.2 Å². The molecule has 2 N–H and O–H groups in total. The maximum atomic E-state index is 11.8. The van der Waals surface area contributed by atoms with Gasteiger partial charge in [0.2, 0.25) is 0 Å². The van der Waals surface area contributed by atoms with Gasteiger partial charge >= 0.3 is 0 Å². The van der Waals surface area contributed by atoms with Crippen LogP contribution in [0.1, 0.15) is 11.3 Å². The van der Waals surface area contributed by atoms with Crippen molar-refractivity contribution in [1.29, 1.82) is 0 Å². The number of likely N-dealkylation sites (tertiary alicyclic amines) is 1. The predicted molar refractivity (Wildman–Crippen MR) is 99.6 cm³/mol. The fourth-order valence-corrected chi connectivity index (χ4v) is 4.63. The van der Waals surface area contributed by atoms with Crippen molar-refractivity contribution in [2.45, 2.75) is 17.4 Å². The maximum absolute atomic E-state index is 11.8. The number of rotatable bonds is 5. The maximum Gasteiger partial charge on any atom is 0.254 e. The second-order valence-corrected chi connectivity index (χ2v) is 7.73. The van der Waals surface area contributed by atoms with E-state index in [0.29, 0.717) is 13.0 Å². The van der Waals surface area contributed by atoms with Crippen molar-refractivity contribution in [2.24, 2.45) is 5.92 Å². The predicted octanol–water partition coefficient (Wildman–Crippen LogP) is 1.79. The fraction of sp³-hybridized carbons (Fsp3) is 0.368. The van der Waals surface area contributed by atoms with Gasteiger partial charge in [0.25, 0.3) is 5.56 Å². The highest BCUT2D eigenvalue weighted by Gasteiger charge is 2.32. The van der Waals surface area contributed by atoms with Crippen molar-refractivity contribution in [3.63, 3.8) is 0 Å². The minimum atomic E-state index is -0.301. The zero-order chi connectivity index (χ0) is 17.2. The lowest BCUT2D eigenvalue weighted by Crippen LogP contribution is -2.24. The van der Waals surface area contributed by atoms with Crippen LogP contribution >= 0.6 is 11.8 Å². The molecule has 25 heavy (non-hydrogen) atoms. The molecule has 2 heterocycles. The quantitative estimate of drug-likeness (QED) is 0.801. The van der Waals surface area contributed by atoms with Crippen LogP contribution in [0.15, 0.2) is 52.4 Å². The molecular formula is C19H21N3O2S. The first-order valence-electron chi connectivity index (χ1n) is 8.55. The Kier molecular flexibility index (Phi) is 4.74. The molecule has 1 aromatic heterocycles. The van der Waals surface area contributed by atoms with Gasteiger partial charge < -0.3 is 10.1 Å². The Labute approximate surface area is 150 Å². The lowest BCUT2D eigenvalue weighted by molar-refractivity contribution is 0.151. The molecule has 4 rings (SSSR count). The number of nitrogens with one attached hydrogen (secondary N) is 1. The number of aromatic nitrogens is 2. The molecule has 130 valence electrons. The summed E-state index contributed by atoms with van der Waals surface area (Å²) in [5.41, 5.74) is 2.63. The number of allylic oxidation sites excluding steroid dienone is 1. The van der Waals surface area contributed by atoms with Crippen molar-refractivity contribution in [2.75, 3.05) is 25.4 Å². The number of thioether (sulfide) groups is 1. The number of fused-ring (bicyclic) bond motifs is 1. The minimum Gasteiger partial charge on any atom is -0.391 e. The first kappa shape index (κ1) is 16.6. The third-order valence-corrected chi connectivity index (χ3v) is 6.09. The Bertz CT molecular complexity index is 834. The molecule has 0 bridgehead atoms. The summed E-state index contributed by atoms with van der Waals surface area (Å²) in [6.07, 6.45) is 3.91. The summed E-state index contributed by atoms with van der Waals surface area (Å²) in [7, 11) is 0. The highest BCUT2D eigenvalue weighted by Crippen LogP contribution is 2.29. The van der Waals surface area contributed by atoms with Crippen molar-refractivity contribution < 1.29 is 5.11 Å². The minimum absolute atomic E-state index is 0.0464. The van der Waals surface area contributed by atoms with Crippen LogP contribution in [0.25, 0.3) is 5.57 Å². The Morgan fingerprint density at radius 3 is 2.96 bits per heavy atom. The number of benzene rings is 1. The van der Waals surface area contributed by atoms with Crippen LogP contribution in [0.4, 0.5) is 0 Å². The van der Waals surface area contributed by atoms with Gasteiger partial charge in [-0.25, -0.2) is 4.98 Å². The van der Waals surface area contributed by atoms with Gasteiger partial charge in [0.15, 0.2) is 0 Å². The summed E-state index contributed by atoms with van der Waals surface area (Å²) in [5, 5.41) is 10.4. The van der Waals surface area contributed by atoms with Gasteiger partial charge in [0, 0.05) is 41.8 Å². The van der Waals surface area contributed by atoms with Crippen molar-refractivity contribution in [3.8, 4) is 0 Å². The van der Waals surface area contributed by atoms with Crippen LogP contribution in [-0.2, 0) is 6.42 Å². The number of nitrogens with zero attached hydrogens (tertiary/aromatic N) is 2. The van der Waals surface area contributed by atoms with E-state index in [-0.39, 0.29) is 17.6 Å². The van der Waals surface area contributed by atoms with Gasteiger partial charge in [-0.3, -0.25) is 9.69 Å². The molecule has 2 atom stereocenters. The van der Waals surface area contributed by atoms with Crippen LogP contribution in [0.3, 0.4) is 0 Å². The van der Waals surface area contributed by atoms with E-state index >= 15 is 0 Å². The molecule has 0 amide bonds. The standard InChI is InChI=1S/C19H21N3O2S/c23-17-10-22(9-14(17)11-25-15-4-2-1-3-5-15)8-13-6-7-16-18(13)20-12-21-19(16)24/h1-6,12,14,17,23H,7-11H2,(H,20,21,24)/t14-,17-/m1/s1. The van der Waals surface area contributed by atoms with Crippen molar-refractivity contribution >= 4 is 17.3 Å². The van der Waals surface area contributed by atoms with Crippen molar-refractivity contribution in [1.82, 2.24) is 14.9 Å². The summed E-state index contributed by atoms with van der Waals surface area (Å²) < 4.78 is 0. The van der Waals surface area contributed by atoms with Gasteiger partial charge in [-0.15, -0.1) is 11.8 Å². The van der Waals surface area contributed by atoms with E-state index in [1.54, 1.807) is 11.8 Å². The Morgan fingerprint density at radius 2 is 2.12 bits per heavy atom. The first-order valence-corrected chi connectivity index (χ1v) is 9.53. The number of hydrogen-bond acceptors (Lipinski definition) is 5. The lowest BCUT2D eigenvalue weighted by atomic mass is 10.1. The van der Waals surface area contributed by atoms with Crippen LogP contribution in [0.5, 0.6) is 0 Å². The van der Waals surface area contributed by atoms with Gasteiger partial charge in [0.05, 0.1) is 18.1 Å². The van der Waals surface area contributed by atoms with Gasteiger partial charge in [-0.1, -0.05) is 24.3 Å². The summed E-state index contributed by atoms with van der Waals surface area (Å²) in [6.45, 7) is 2.29. The number of aliphatic hydroxyl groups is 1. The van der Waals surface area contributed by atoms with Gasteiger partial charge in [-0.05, 0) is 24.1 Å². The van der Waals surface area contributed by atoms with E-state index in [1.165, 1.54) is 11.2 Å². The largest absolute Gasteiger partial charge is 0.391 e. The molecule has 1 saturated heterocycles. The summed E-state index contributed by atoms with van der Waals surface area (Å²) in [5.74, 6) is 1.17. The Hall–Kier alpha value is -1.89. The number of hydrogen-bond donors (Lipinski definition) is 2. The molecule has 0 radical (unpaired) electrons. The van der Waals surface area contributed by atoms with E-state index in [0.717, 1.165) is 35.7 Å². The molecule has 0 spiro atoms. The highest BCUT2D eigenvalue weighted by molar-refractivity contribution is 7.99. The van der Waals surface area contributed by atoms with E-state index in [9.17, 15) is 9.90 Å². The number of β-amino-alcohol motifs (C(OH)–C–C–N with tert-alkyl or cyclic N) is 1. The van der Waals surface area contributed by atoms with Gasteiger partial charge in [0.1, 0.15) is 0 Å². The Morgan fingerprint density at radius 1 is 1.28 bits per heavy atom. The van der Waals surface area contributed by atoms with Crippen molar-refractivity contribution in [3.05, 3.63) is 64.3 Å². The molecule has 1 aliphatic heterocycles. The second-order valence-electron chi connectivity index (χ2n) is 6.64.